The maximum Gasteiger partial charge on any atom is 0.257 e. The van der Waals surface area contributed by atoms with Gasteiger partial charge in [-0.05, 0) is 31.2 Å². The highest BCUT2D eigenvalue weighted by atomic mass is 32.1. The van der Waals surface area contributed by atoms with Crippen LogP contribution in [0.3, 0.4) is 0 Å². The van der Waals surface area contributed by atoms with Crippen LogP contribution in [0.5, 0.6) is 11.6 Å². The van der Waals surface area contributed by atoms with Gasteiger partial charge in [0.1, 0.15) is 11.9 Å². The van der Waals surface area contributed by atoms with E-state index in [0.29, 0.717) is 36.4 Å². The summed E-state index contributed by atoms with van der Waals surface area (Å²) in [7, 11) is 0. The number of benzene rings is 1. The van der Waals surface area contributed by atoms with Gasteiger partial charge in [0.15, 0.2) is 5.13 Å². The predicted octanol–water partition coefficient (Wildman–Crippen LogP) is 3.51. The molecule has 0 saturated carbocycles. The van der Waals surface area contributed by atoms with Gasteiger partial charge in [-0.25, -0.2) is 9.97 Å². The van der Waals surface area contributed by atoms with Crippen LogP contribution in [0.15, 0.2) is 36.5 Å². The first kappa shape index (κ1) is 17.7. The van der Waals surface area contributed by atoms with Crippen LogP contribution in [0, 0.1) is 0 Å². The van der Waals surface area contributed by atoms with Gasteiger partial charge in [-0.15, -0.1) is 0 Å². The molecular weight excluding hydrogens is 366 g/mol. The average Bonchev–Trinajstić information content (AvgIpc) is 3.31. The number of fused-ring (bicyclic) bond motifs is 1. The first-order valence-electron chi connectivity index (χ1n) is 8.76. The monoisotopic (exact) mass is 385 g/mol. The molecule has 1 amide bonds. The summed E-state index contributed by atoms with van der Waals surface area (Å²) in [6.07, 6.45) is 2.37. The standard InChI is InChI=1S/C19H19N3O4S/c1-2-25-13-3-4-15-16(10-13)27-19(21-15)22-18(23)12-5-7-20-17(9-12)26-14-6-8-24-11-14/h3-5,7,9-10,14H,2,6,8,11H2,1H3,(H,21,22,23)/t14-/m1/s1. The molecule has 1 atom stereocenters. The van der Waals surface area contributed by atoms with Gasteiger partial charge in [0.25, 0.3) is 5.91 Å². The van der Waals surface area contributed by atoms with Crippen LogP contribution in [0.4, 0.5) is 5.13 Å². The Morgan fingerprint density at radius 2 is 2.30 bits per heavy atom. The number of nitrogens with zero attached hydrogens (tertiary/aromatic N) is 2. The maximum atomic E-state index is 12.6. The Kier molecular flexibility index (Phi) is 5.17. The van der Waals surface area contributed by atoms with Gasteiger partial charge < -0.3 is 14.2 Å². The van der Waals surface area contributed by atoms with Crippen LogP contribution < -0.4 is 14.8 Å². The maximum absolute atomic E-state index is 12.6. The van der Waals surface area contributed by atoms with E-state index in [9.17, 15) is 4.79 Å². The van der Waals surface area contributed by atoms with Gasteiger partial charge >= 0.3 is 0 Å². The van der Waals surface area contributed by atoms with Crippen molar-refractivity contribution >= 4 is 32.6 Å². The quantitative estimate of drug-likeness (QED) is 0.699. The van der Waals surface area contributed by atoms with E-state index < -0.39 is 0 Å². The Morgan fingerprint density at radius 1 is 1.37 bits per heavy atom. The second-order valence-electron chi connectivity index (χ2n) is 6.02. The Hall–Kier alpha value is -2.71. The molecule has 1 aliphatic rings. The predicted molar refractivity (Wildman–Crippen MR) is 103 cm³/mol. The summed E-state index contributed by atoms with van der Waals surface area (Å²) in [4.78, 5) is 21.2. The Labute approximate surface area is 160 Å². The fourth-order valence-corrected chi connectivity index (χ4v) is 3.67. The molecule has 1 saturated heterocycles. The molecule has 0 aliphatic carbocycles. The average molecular weight is 385 g/mol. The summed E-state index contributed by atoms with van der Waals surface area (Å²) in [5.41, 5.74) is 1.28. The molecule has 0 bridgehead atoms. The van der Waals surface area contributed by atoms with Crippen LogP contribution in [0.2, 0.25) is 0 Å². The number of rotatable bonds is 6. The molecule has 3 aromatic rings. The number of nitrogens with one attached hydrogen (secondary N) is 1. The highest BCUT2D eigenvalue weighted by Crippen LogP contribution is 2.29. The van der Waals surface area contributed by atoms with E-state index in [0.717, 1.165) is 22.4 Å². The summed E-state index contributed by atoms with van der Waals surface area (Å²) in [6, 6.07) is 8.96. The molecule has 8 heteroatoms. The molecule has 2 aromatic heterocycles. The fourth-order valence-electron chi connectivity index (χ4n) is 2.78. The fraction of sp³-hybridized carbons (Fsp3) is 0.316. The van der Waals surface area contributed by atoms with Gasteiger partial charge in [0.2, 0.25) is 5.88 Å². The zero-order valence-corrected chi connectivity index (χ0v) is 15.6. The molecule has 0 unspecified atom stereocenters. The van der Waals surface area contributed by atoms with Gasteiger partial charge in [0, 0.05) is 24.2 Å². The first-order chi connectivity index (χ1) is 13.2. The van der Waals surface area contributed by atoms with E-state index in [4.69, 9.17) is 14.2 Å². The Morgan fingerprint density at radius 3 is 3.11 bits per heavy atom. The number of aromatic nitrogens is 2. The van der Waals surface area contributed by atoms with Crippen molar-refractivity contribution < 1.29 is 19.0 Å². The van der Waals surface area contributed by atoms with Crippen molar-refractivity contribution in [2.45, 2.75) is 19.4 Å². The normalized spacial score (nSPS) is 16.4. The molecule has 0 radical (unpaired) electrons. The molecule has 0 spiro atoms. The number of hydrogen-bond acceptors (Lipinski definition) is 7. The number of pyridine rings is 1. The van der Waals surface area contributed by atoms with Crippen LogP contribution in [0.1, 0.15) is 23.7 Å². The highest BCUT2D eigenvalue weighted by Gasteiger charge is 2.18. The zero-order chi connectivity index (χ0) is 18.6. The van der Waals surface area contributed by atoms with Gasteiger partial charge in [-0.1, -0.05) is 11.3 Å². The van der Waals surface area contributed by atoms with Crippen LogP contribution in [-0.4, -0.2) is 41.8 Å². The molecule has 1 fully saturated rings. The minimum absolute atomic E-state index is 0.0143. The zero-order valence-electron chi connectivity index (χ0n) is 14.8. The lowest BCUT2D eigenvalue weighted by Gasteiger charge is -2.11. The van der Waals surface area contributed by atoms with Crippen molar-refractivity contribution in [3.63, 3.8) is 0 Å². The molecule has 140 valence electrons. The number of carbonyl (C=O) groups is 1. The van der Waals surface area contributed by atoms with Crippen molar-refractivity contribution in [1.82, 2.24) is 9.97 Å². The SMILES string of the molecule is CCOc1ccc2nc(NC(=O)c3ccnc(O[C@@H]4CCOC4)c3)sc2c1. The molecule has 1 N–H and O–H groups in total. The molecular formula is C19H19N3O4S. The van der Waals surface area contributed by atoms with E-state index in [2.05, 4.69) is 15.3 Å². The lowest BCUT2D eigenvalue weighted by atomic mass is 10.2. The van der Waals surface area contributed by atoms with Crippen molar-refractivity contribution in [3.05, 3.63) is 42.1 Å². The van der Waals surface area contributed by atoms with E-state index in [1.54, 1.807) is 18.3 Å². The van der Waals surface area contributed by atoms with Crippen molar-refractivity contribution in [2.24, 2.45) is 0 Å². The number of ether oxygens (including phenoxy) is 3. The largest absolute Gasteiger partial charge is 0.494 e. The molecule has 1 aromatic carbocycles. The smallest absolute Gasteiger partial charge is 0.257 e. The number of amides is 1. The van der Waals surface area contributed by atoms with Gasteiger partial charge in [-0.2, -0.15) is 0 Å². The van der Waals surface area contributed by atoms with Crippen molar-refractivity contribution in [2.75, 3.05) is 25.1 Å². The van der Waals surface area contributed by atoms with Crippen molar-refractivity contribution in [3.8, 4) is 11.6 Å². The van der Waals surface area contributed by atoms with Crippen LogP contribution in [0.25, 0.3) is 10.2 Å². The number of carbonyl (C=O) groups excluding carboxylic acids is 1. The number of hydrogen-bond donors (Lipinski definition) is 1. The summed E-state index contributed by atoms with van der Waals surface area (Å²) >= 11 is 1.40. The number of thiazole rings is 1. The third kappa shape index (κ3) is 4.17. The second kappa shape index (κ2) is 7.89. The highest BCUT2D eigenvalue weighted by molar-refractivity contribution is 7.22. The third-order valence-corrected chi connectivity index (χ3v) is 5.00. The Balaban J connectivity index is 1.47. The molecule has 7 nitrogen and oxygen atoms in total. The van der Waals surface area contributed by atoms with Gasteiger partial charge in [0.05, 0.1) is 30.0 Å². The minimum atomic E-state index is -0.256. The molecule has 1 aliphatic heterocycles. The van der Waals surface area contributed by atoms with Crippen LogP contribution in [-0.2, 0) is 4.74 Å². The molecule has 3 heterocycles. The third-order valence-electron chi connectivity index (χ3n) is 4.06. The Bertz CT molecular complexity index is 953. The summed E-state index contributed by atoms with van der Waals surface area (Å²) < 4.78 is 17.5. The molecule has 4 rings (SSSR count). The number of anilines is 1. The molecule has 27 heavy (non-hydrogen) atoms. The summed E-state index contributed by atoms with van der Waals surface area (Å²) in [6.45, 7) is 3.78. The lowest BCUT2D eigenvalue weighted by molar-refractivity contribution is 0.102. The summed E-state index contributed by atoms with van der Waals surface area (Å²) in [5, 5.41) is 3.37. The second-order valence-corrected chi connectivity index (χ2v) is 7.05. The van der Waals surface area contributed by atoms with Crippen molar-refractivity contribution in [1.29, 1.82) is 0 Å². The summed E-state index contributed by atoms with van der Waals surface area (Å²) in [5.74, 6) is 0.955. The minimum Gasteiger partial charge on any atom is -0.494 e. The van der Waals surface area contributed by atoms with Gasteiger partial charge in [-0.3, -0.25) is 10.1 Å². The van der Waals surface area contributed by atoms with E-state index in [-0.39, 0.29) is 12.0 Å². The van der Waals surface area contributed by atoms with E-state index in [1.165, 1.54) is 11.3 Å². The van der Waals surface area contributed by atoms with Crippen LogP contribution >= 0.6 is 11.3 Å². The van der Waals surface area contributed by atoms with E-state index >= 15 is 0 Å². The first-order valence-corrected chi connectivity index (χ1v) is 9.58. The lowest BCUT2D eigenvalue weighted by Crippen LogP contribution is -2.17. The topological polar surface area (TPSA) is 82.6 Å². The van der Waals surface area contributed by atoms with E-state index in [1.807, 2.05) is 25.1 Å².